The van der Waals surface area contributed by atoms with Gasteiger partial charge in [-0.25, -0.2) is 4.39 Å². The van der Waals surface area contributed by atoms with Crippen molar-refractivity contribution in [3.63, 3.8) is 0 Å². The summed E-state index contributed by atoms with van der Waals surface area (Å²) in [5.41, 5.74) is 1.09. The molecule has 2 aliphatic heterocycles. The van der Waals surface area contributed by atoms with Crippen molar-refractivity contribution in [3.05, 3.63) is 35.6 Å². The van der Waals surface area contributed by atoms with Crippen molar-refractivity contribution in [1.82, 2.24) is 10.2 Å². The van der Waals surface area contributed by atoms with Crippen LogP contribution in [-0.2, 0) is 0 Å². The van der Waals surface area contributed by atoms with Crippen LogP contribution in [-0.4, -0.2) is 30.0 Å². The Labute approximate surface area is 119 Å². The first-order chi connectivity index (χ1) is 9.63. The lowest BCUT2D eigenvalue weighted by Gasteiger charge is -2.36. The average Bonchev–Trinajstić information content (AvgIpc) is 2.82. The minimum Gasteiger partial charge on any atom is -0.350 e. The summed E-state index contributed by atoms with van der Waals surface area (Å²) in [6.45, 7) is 6.39. The van der Waals surface area contributed by atoms with Crippen LogP contribution in [0.4, 0.5) is 4.39 Å². The van der Waals surface area contributed by atoms with Gasteiger partial charge in [-0.15, -0.1) is 0 Å². The monoisotopic (exact) mass is 275 g/mol. The first-order valence-electron chi connectivity index (χ1n) is 7.46. The summed E-state index contributed by atoms with van der Waals surface area (Å²) >= 11 is 0. The Morgan fingerprint density at radius 2 is 2.05 bits per heavy atom. The molecular weight excluding hydrogens is 253 g/mol. The van der Waals surface area contributed by atoms with Crippen LogP contribution in [0.5, 0.6) is 0 Å². The van der Waals surface area contributed by atoms with Gasteiger partial charge in [0.05, 0.1) is 18.6 Å². The van der Waals surface area contributed by atoms with Gasteiger partial charge in [-0.3, -0.25) is 4.99 Å². The van der Waals surface area contributed by atoms with Crippen molar-refractivity contribution in [1.29, 1.82) is 0 Å². The van der Waals surface area contributed by atoms with E-state index in [0.717, 1.165) is 30.5 Å². The van der Waals surface area contributed by atoms with Gasteiger partial charge in [-0.05, 0) is 43.4 Å². The van der Waals surface area contributed by atoms with Gasteiger partial charge < -0.3 is 10.2 Å². The van der Waals surface area contributed by atoms with Crippen LogP contribution in [0.15, 0.2) is 29.3 Å². The molecule has 1 aromatic rings. The maximum Gasteiger partial charge on any atom is 0.194 e. The Bertz CT molecular complexity index is 497. The predicted molar refractivity (Wildman–Crippen MR) is 79.1 cm³/mol. The second-order valence-electron chi connectivity index (χ2n) is 6.07. The number of benzene rings is 1. The van der Waals surface area contributed by atoms with Crippen LogP contribution < -0.4 is 5.32 Å². The molecule has 0 spiro atoms. The molecule has 20 heavy (non-hydrogen) atoms. The fourth-order valence-electron chi connectivity index (χ4n) is 3.10. The summed E-state index contributed by atoms with van der Waals surface area (Å²) < 4.78 is 13.0. The van der Waals surface area contributed by atoms with Gasteiger partial charge in [0.25, 0.3) is 0 Å². The normalized spacial score (nSPS) is 26.9. The Morgan fingerprint density at radius 1 is 1.30 bits per heavy atom. The van der Waals surface area contributed by atoms with Crippen molar-refractivity contribution in [2.45, 2.75) is 38.8 Å². The third-order valence-corrected chi connectivity index (χ3v) is 4.38. The lowest BCUT2D eigenvalue weighted by atomic mass is 9.95. The second kappa shape index (κ2) is 5.43. The van der Waals surface area contributed by atoms with Crippen molar-refractivity contribution in [2.24, 2.45) is 10.9 Å². The Balaban J connectivity index is 1.67. The van der Waals surface area contributed by atoms with E-state index in [-0.39, 0.29) is 11.9 Å². The van der Waals surface area contributed by atoms with Gasteiger partial charge in [-0.2, -0.15) is 0 Å². The van der Waals surface area contributed by atoms with Crippen molar-refractivity contribution in [3.8, 4) is 0 Å². The van der Waals surface area contributed by atoms with Gasteiger partial charge in [0, 0.05) is 6.54 Å². The predicted octanol–water partition coefficient (Wildman–Crippen LogP) is 2.95. The molecule has 1 saturated heterocycles. The van der Waals surface area contributed by atoms with E-state index in [9.17, 15) is 4.39 Å². The highest BCUT2D eigenvalue weighted by molar-refractivity contribution is 5.82. The third kappa shape index (κ3) is 2.65. The molecule has 3 nitrogen and oxygen atoms in total. The van der Waals surface area contributed by atoms with E-state index < -0.39 is 0 Å². The number of nitrogens with one attached hydrogen (secondary N) is 1. The zero-order valence-electron chi connectivity index (χ0n) is 12.1. The molecule has 0 amide bonds. The number of nitrogens with zero attached hydrogens (tertiary/aromatic N) is 2. The molecule has 1 fully saturated rings. The van der Waals surface area contributed by atoms with Crippen LogP contribution in [0.3, 0.4) is 0 Å². The molecular formula is C16H22FN3. The highest BCUT2D eigenvalue weighted by Crippen LogP contribution is 2.26. The molecule has 3 atom stereocenters. The van der Waals surface area contributed by atoms with E-state index >= 15 is 0 Å². The molecule has 1 N–H and O–H groups in total. The zero-order chi connectivity index (χ0) is 14.1. The number of fused-ring (bicyclic) bond motifs is 1. The summed E-state index contributed by atoms with van der Waals surface area (Å²) in [5.74, 6) is 1.56. The summed E-state index contributed by atoms with van der Waals surface area (Å²) in [7, 11) is 0. The molecule has 0 aromatic heterocycles. The lowest BCUT2D eigenvalue weighted by Crippen LogP contribution is -2.48. The molecule has 1 aromatic carbocycles. The minimum absolute atomic E-state index is 0.144. The Morgan fingerprint density at radius 3 is 2.80 bits per heavy atom. The topological polar surface area (TPSA) is 27.6 Å². The number of guanidine groups is 1. The quantitative estimate of drug-likeness (QED) is 0.898. The molecule has 4 heteroatoms. The molecule has 3 rings (SSSR count). The maximum absolute atomic E-state index is 13.0. The van der Waals surface area contributed by atoms with Gasteiger partial charge >= 0.3 is 0 Å². The molecule has 2 heterocycles. The number of hydrogen-bond acceptors (Lipinski definition) is 3. The maximum atomic E-state index is 13.0. The average molecular weight is 275 g/mol. The largest absolute Gasteiger partial charge is 0.350 e. The molecule has 2 aliphatic rings. The van der Waals surface area contributed by atoms with E-state index in [1.807, 2.05) is 12.1 Å². The summed E-state index contributed by atoms with van der Waals surface area (Å²) in [5, 5.41) is 3.49. The smallest absolute Gasteiger partial charge is 0.194 e. The van der Waals surface area contributed by atoms with Gasteiger partial charge in [0.2, 0.25) is 0 Å². The number of rotatable bonds is 2. The Hall–Kier alpha value is -1.58. The highest BCUT2D eigenvalue weighted by Gasteiger charge is 2.33. The first-order valence-corrected chi connectivity index (χ1v) is 7.46. The zero-order valence-corrected chi connectivity index (χ0v) is 12.1. The van der Waals surface area contributed by atoms with Crippen molar-refractivity contribution >= 4 is 5.96 Å². The number of piperidine rings is 1. The molecule has 0 aliphatic carbocycles. The Kier molecular flexibility index (Phi) is 3.64. The van der Waals surface area contributed by atoms with Crippen LogP contribution in [0, 0.1) is 11.7 Å². The van der Waals surface area contributed by atoms with E-state index in [0.29, 0.717) is 6.04 Å². The number of halogens is 1. The molecule has 0 radical (unpaired) electrons. The fraction of sp³-hybridized carbons (Fsp3) is 0.562. The van der Waals surface area contributed by atoms with Crippen molar-refractivity contribution in [2.75, 3.05) is 13.1 Å². The molecule has 108 valence electrons. The van der Waals surface area contributed by atoms with Crippen LogP contribution >= 0.6 is 0 Å². The summed E-state index contributed by atoms with van der Waals surface area (Å²) in [6, 6.07) is 7.41. The van der Waals surface area contributed by atoms with E-state index in [1.165, 1.54) is 25.0 Å². The van der Waals surface area contributed by atoms with Crippen molar-refractivity contribution < 1.29 is 4.39 Å². The van der Waals surface area contributed by atoms with Crippen LogP contribution in [0.1, 0.15) is 38.3 Å². The van der Waals surface area contributed by atoms with E-state index in [2.05, 4.69) is 29.1 Å². The molecule has 0 bridgehead atoms. The molecule has 2 unspecified atom stereocenters. The lowest BCUT2D eigenvalue weighted by molar-refractivity contribution is 0.210. The number of hydrogen-bond donors (Lipinski definition) is 1. The fourth-order valence-corrected chi connectivity index (χ4v) is 3.10. The highest BCUT2D eigenvalue weighted by atomic mass is 19.1. The van der Waals surface area contributed by atoms with Crippen LogP contribution in [0.2, 0.25) is 0 Å². The molecule has 0 saturated carbocycles. The first kappa shape index (κ1) is 13.4. The minimum atomic E-state index is -0.191. The number of aliphatic imine (C=N–C) groups is 1. The second-order valence-corrected chi connectivity index (χ2v) is 6.07. The van der Waals surface area contributed by atoms with Gasteiger partial charge in [0.15, 0.2) is 5.96 Å². The van der Waals surface area contributed by atoms with Gasteiger partial charge in [0.1, 0.15) is 5.82 Å². The van der Waals surface area contributed by atoms with E-state index in [1.54, 1.807) is 0 Å². The third-order valence-electron chi connectivity index (χ3n) is 4.38. The van der Waals surface area contributed by atoms with E-state index in [4.69, 9.17) is 0 Å². The van der Waals surface area contributed by atoms with Gasteiger partial charge in [-0.1, -0.05) is 19.1 Å². The SMILES string of the molecule is CC1CCC2CN=C(N[C@H](C)c3ccc(F)cc3)N2C1. The van der Waals surface area contributed by atoms with Crippen LogP contribution in [0.25, 0.3) is 0 Å². The standard InChI is InChI=1S/C16H22FN3/c1-11-3-8-15-9-18-16(20(15)10-11)19-12(2)13-4-6-14(17)7-5-13/h4-7,11-12,15H,3,8-10H2,1-2H3,(H,18,19)/t11?,12-,15?/m1/s1. The summed E-state index contributed by atoms with van der Waals surface area (Å²) in [4.78, 5) is 7.07. The summed E-state index contributed by atoms with van der Waals surface area (Å²) in [6.07, 6.45) is 2.54.